The van der Waals surface area contributed by atoms with Gasteiger partial charge in [-0.25, -0.2) is 13.4 Å². The topological polar surface area (TPSA) is 88.2 Å². The number of rotatable bonds is 8. The lowest BCUT2D eigenvalue weighted by Gasteiger charge is -2.10. The molecule has 1 amide bonds. The minimum absolute atomic E-state index is 0.115. The van der Waals surface area contributed by atoms with Gasteiger partial charge in [0.1, 0.15) is 0 Å². The molecule has 1 aromatic heterocycles. The summed E-state index contributed by atoms with van der Waals surface area (Å²) in [4.78, 5) is 18.4. The van der Waals surface area contributed by atoms with Crippen LogP contribution in [-0.2, 0) is 40.5 Å². The van der Waals surface area contributed by atoms with Gasteiger partial charge in [-0.2, -0.15) is 0 Å². The summed E-state index contributed by atoms with van der Waals surface area (Å²) in [5, 5.41) is 4.08. The lowest BCUT2D eigenvalue weighted by molar-refractivity contribution is -0.120. The highest BCUT2D eigenvalue weighted by molar-refractivity contribution is 7.92. The number of nitrogens with zero attached hydrogens (tertiary/aromatic N) is 1. The second kappa shape index (κ2) is 8.84. The average Bonchev–Trinajstić information content (AvgIpc) is 3.02. The van der Waals surface area contributed by atoms with Gasteiger partial charge >= 0.3 is 0 Å². The molecule has 146 valence electrons. The van der Waals surface area contributed by atoms with Gasteiger partial charge in [0.25, 0.3) is 0 Å². The van der Waals surface area contributed by atoms with Crippen LogP contribution in [0.5, 0.6) is 0 Å². The molecule has 2 aromatic rings. The Bertz CT molecular complexity index is 883. The quantitative estimate of drug-likeness (QED) is 0.659. The maximum Gasteiger partial charge on any atom is 0.229 e. The number of hydrogen-bond donors (Lipinski definition) is 2. The summed E-state index contributed by atoms with van der Waals surface area (Å²) in [6.45, 7) is 0.588. The van der Waals surface area contributed by atoms with Gasteiger partial charge in [0.05, 0.1) is 29.1 Å². The van der Waals surface area contributed by atoms with Crippen LogP contribution in [0.25, 0.3) is 0 Å². The smallest absolute Gasteiger partial charge is 0.229 e. The van der Waals surface area contributed by atoms with E-state index >= 15 is 0 Å². The molecule has 8 heteroatoms. The molecule has 0 aliphatic heterocycles. The van der Waals surface area contributed by atoms with E-state index in [0.717, 1.165) is 31.9 Å². The number of para-hydroxylation sites is 1. The fourth-order valence-electron chi connectivity index (χ4n) is 3.19. The minimum Gasteiger partial charge on any atom is -0.356 e. The third kappa shape index (κ3) is 6.04. The number of carbonyl (C=O) groups excluding carboxylic acids is 1. The summed E-state index contributed by atoms with van der Waals surface area (Å²) in [7, 11) is -3.38. The van der Waals surface area contributed by atoms with Gasteiger partial charge in [-0.1, -0.05) is 18.2 Å². The summed E-state index contributed by atoms with van der Waals surface area (Å²) >= 11 is 1.82. The van der Waals surface area contributed by atoms with Crippen molar-refractivity contribution in [1.29, 1.82) is 0 Å². The van der Waals surface area contributed by atoms with Crippen molar-refractivity contribution in [2.24, 2.45) is 0 Å². The molecular formula is C19H25N3O3S2. The first-order valence-corrected chi connectivity index (χ1v) is 11.9. The van der Waals surface area contributed by atoms with E-state index in [4.69, 9.17) is 4.98 Å². The number of nitrogens with one attached hydrogen (secondary N) is 2. The molecule has 0 radical (unpaired) electrons. The molecule has 0 unspecified atom stereocenters. The highest BCUT2D eigenvalue weighted by atomic mass is 32.2. The Balaban J connectivity index is 1.46. The molecule has 1 aromatic carbocycles. The lowest BCUT2D eigenvalue weighted by Crippen LogP contribution is -2.27. The van der Waals surface area contributed by atoms with E-state index < -0.39 is 10.0 Å². The van der Waals surface area contributed by atoms with Crippen molar-refractivity contribution >= 4 is 33.0 Å². The van der Waals surface area contributed by atoms with E-state index in [1.54, 1.807) is 24.3 Å². The number of benzene rings is 1. The van der Waals surface area contributed by atoms with Gasteiger partial charge in [0.15, 0.2) is 0 Å². The number of aromatic nitrogens is 1. The van der Waals surface area contributed by atoms with Gasteiger partial charge in [0, 0.05) is 17.8 Å². The van der Waals surface area contributed by atoms with E-state index in [-0.39, 0.29) is 12.3 Å². The summed E-state index contributed by atoms with van der Waals surface area (Å²) in [5.41, 5.74) is 2.39. The lowest BCUT2D eigenvalue weighted by atomic mass is 10.0. The maximum absolute atomic E-state index is 12.2. The average molecular weight is 408 g/mol. The van der Waals surface area contributed by atoms with Crippen molar-refractivity contribution in [3.05, 3.63) is 45.4 Å². The number of amides is 1. The Labute approximate surface area is 164 Å². The Kier molecular flexibility index (Phi) is 6.49. The first kappa shape index (κ1) is 19.8. The molecule has 1 aliphatic rings. The van der Waals surface area contributed by atoms with Gasteiger partial charge < -0.3 is 5.32 Å². The molecule has 0 fully saturated rings. The highest BCUT2D eigenvalue weighted by Gasteiger charge is 2.15. The molecule has 0 saturated heterocycles. The molecule has 6 nitrogen and oxygen atoms in total. The molecule has 0 bridgehead atoms. The third-order valence-corrected chi connectivity index (χ3v) is 6.25. The van der Waals surface area contributed by atoms with Crippen LogP contribution in [0, 0.1) is 0 Å². The van der Waals surface area contributed by atoms with Crippen LogP contribution in [0.4, 0.5) is 5.69 Å². The van der Waals surface area contributed by atoms with Crippen molar-refractivity contribution in [3.63, 3.8) is 0 Å². The van der Waals surface area contributed by atoms with Gasteiger partial charge in [-0.15, -0.1) is 11.3 Å². The van der Waals surface area contributed by atoms with Crippen LogP contribution < -0.4 is 10.0 Å². The molecule has 1 aliphatic carbocycles. The molecule has 3 rings (SSSR count). The van der Waals surface area contributed by atoms with Crippen molar-refractivity contribution < 1.29 is 13.2 Å². The normalized spacial score (nSPS) is 13.8. The predicted molar refractivity (Wildman–Crippen MR) is 109 cm³/mol. The van der Waals surface area contributed by atoms with E-state index in [9.17, 15) is 13.2 Å². The van der Waals surface area contributed by atoms with Crippen molar-refractivity contribution in [1.82, 2.24) is 10.3 Å². The largest absolute Gasteiger partial charge is 0.356 e. The van der Waals surface area contributed by atoms with E-state index in [0.29, 0.717) is 17.8 Å². The molecule has 2 N–H and O–H groups in total. The zero-order chi connectivity index (χ0) is 19.3. The molecule has 0 saturated carbocycles. The molecule has 1 heterocycles. The van der Waals surface area contributed by atoms with Crippen LogP contribution in [0.15, 0.2) is 24.3 Å². The number of hydrogen-bond acceptors (Lipinski definition) is 5. The van der Waals surface area contributed by atoms with E-state index in [1.807, 2.05) is 11.3 Å². The van der Waals surface area contributed by atoms with Crippen molar-refractivity contribution in [2.75, 3.05) is 17.5 Å². The molecule has 0 spiro atoms. The van der Waals surface area contributed by atoms with Gasteiger partial charge in [0.2, 0.25) is 15.9 Å². The molecule has 27 heavy (non-hydrogen) atoms. The number of fused-ring (bicyclic) bond motifs is 1. The summed E-state index contributed by atoms with van der Waals surface area (Å²) in [5.74, 6) is -0.115. The fraction of sp³-hybridized carbons (Fsp3) is 0.474. The highest BCUT2D eigenvalue weighted by Crippen LogP contribution is 2.27. The molecule has 0 atom stereocenters. The summed E-state index contributed by atoms with van der Waals surface area (Å²) in [6, 6.07) is 6.95. The number of carbonyl (C=O) groups is 1. The van der Waals surface area contributed by atoms with Crippen LogP contribution in [-0.4, -0.2) is 32.1 Å². The monoisotopic (exact) mass is 407 g/mol. The standard InChI is InChI=1S/C19H25N3O3S2/c1-27(24,25)22-15-8-3-2-7-14(15)13-18(23)20-12-6-11-19-21-16-9-4-5-10-17(16)26-19/h2-3,7-8,22H,4-6,9-13H2,1H3,(H,20,23). The minimum atomic E-state index is -3.38. The predicted octanol–water partition coefficient (Wildman–Crippen LogP) is 2.68. The Morgan fingerprint density at radius 1 is 1.22 bits per heavy atom. The fourth-order valence-corrected chi connectivity index (χ4v) is 4.99. The third-order valence-electron chi connectivity index (χ3n) is 4.44. The van der Waals surface area contributed by atoms with Crippen molar-refractivity contribution in [2.45, 2.75) is 44.9 Å². The second-order valence-electron chi connectivity index (χ2n) is 6.85. The van der Waals surface area contributed by atoms with Crippen LogP contribution in [0.3, 0.4) is 0 Å². The van der Waals surface area contributed by atoms with Gasteiger partial charge in [-0.3, -0.25) is 9.52 Å². The maximum atomic E-state index is 12.2. The summed E-state index contributed by atoms with van der Waals surface area (Å²) < 4.78 is 25.3. The van der Waals surface area contributed by atoms with Crippen molar-refractivity contribution in [3.8, 4) is 0 Å². The number of sulfonamides is 1. The van der Waals surface area contributed by atoms with E-state index in [2.05, 4.69) is 10.0 Å². The Morgan fingerprint density at radius 2 is 2.00 bits per heavy atom. The zero-order valence-electron chi connectivity index (χ0n) is 15.5. The zero-order valence-corrected chi connectivity index (χ0v) is 17.1. The molecular weight excluding hydrogens is 382 g/mol. The summed E-state index contributed by atoms with van der Waals surface area (Å²) in [6.07, 6.45) is 7.73. The SMILES string of the molecule is CS(=O)(=O)Nc1ccccc1CC(=O)NCCCc1nc2c(s1)CCCC2. The second-order valence-corrected chi connectivity index (χ2v) is 9.76. The number of thiazole rings is 1. The number of aryl methyl sites for hydroxylation is 3. The van der Waals surface area contributed by atoms with Crippen LogP contribution >= 0.6 is 11.3 Å². The van der Waals surface area contributed by atoms with Crippen LogP contribution in [0.1, 0.15) is 40.4 Å². The number of anilines is 1. The Morgan fingerprint density at radius 3 is 2.78 bits per heavy atom. The van der Waals surface area contributed by atoms with Crippen LogP contribution in [0.2, 0.25) is 0 Å². The van der Waals surface area contributed by atoms with E-state index in [1.165, 1.54) is 28.4 Å². The van der Waals surface area contributed by atoms with Gasteiger partial charge in [-0.05, 0) is 43.7 Å². The Hall–Kier alpha value is -1.93. The first-order valence-electron chi connectivity index (χ1n) is 9.20. The first-order chi connectivity index (χ1) is 12.9.